The van der Waals surface area contributed by atoms with Gasteiger partial charge >= 0.3 is 0 Å². The van der Waals surface area contributed by atoms with E-state index in [9.17, 15) is 10.1 Å². The number of ketones is 1. The highest BCUT2D eigenvalue weighted by Gasteiger charge is 2.29. The maximum Gasteiger partial charge on any atom is 0.161 e. The fraction of sp³-hybridized carbons (Fsp3) is 0.524. The first kappa shape index (κ1) is 20.8. The van der Waals surface area contributed by atoms with E-state index in [-0.39, 0.29) is 25.2 Å². The van der Waals surface area contributed by atoms with Crippen LogP contribution in [0.4, 0.5) is 5.69 Å². The lowest BCUT2D eigenvalue weighted by Gasteiger charge is -2.38. The second-order valence-corrected chi connectivity index (χ2v) is 7.16. The summed E-state index contributed by atoms with van der Waals surface area (Å²) in [4.78, 5) is 23.4. The van der Waals surface area contributed by atoms with Crippen LogP contribution in [0.15, 0.2) is 24.5 Å². The Labute approximate surface area is 161 Å². The molecule has 27 heavy (non-hydrogen) atoms. The summed E-state index contributed by atoms with van der Waals surface area (Å²) in [6, 6.07) is 5.94. The van der Waals surface area contributed by atoms with Crippen molar-refractivity contribution in [1.82, 2.24) is 9.97 Å². The van der Waals surface area contributed by atoms with Crippen molar-refractivity contribution in [3.63, 3.8) is 0 Å². The van der Waals surface area contributed by atoms with Gasteiger partial charge in [-0.2, -0.15) is 5.26 Å². The second kappa shape index (κ2) is 8.92. The Kier molecular flexibility index (Phi) is 6.86. The van der Waals surface area contributed by atoms with E-state index in [1.165, 1.54) is 0 Å². The molecule has 2 aromatic rings. The van der Waals surface area contributed by atoms with E-state index >= 15 is 0 Å². The van der Waals surface area contributed by atoms with Gasteiger partial charge in [-0.3, -0.25) is 14.8 Å². The zero-order chi connectivity index (χ0) is 18.7. The van der Waals surface area contributed by atoms with Gasteiger partial charge in [0, 0.05) is 39.0 Å². The van der Waals surface area contributed by atoms with Crippen LogP contribution in [0.5, 0.6) is 0 Å². The number of nitrogens with zero attached hydrogens (tertiary/aromatic N) is 4. The molecule has 0 amide bonds. The minimum Gasteiger partial charge on any atom is -0.374 e. The smallest absolute Gasteiger partial charge is 0.161 e. The molecule has 3 rings (SSSR count). The van der Waals surface area contributed by atoms with E-state index in [1.54, 1.807) is 32.5 Å². The third-order valence-corrected chi connectivity index (χ3v) is 5.11. The number of piperidine rings is 1. The number of anilines is 1. The average Bonchev–Trinajstić information content (AvgIpc) is 2.65. The van der Waals surface area contributed by atoms with Gasteiger partial charge < -0.3 is 9.64 Å². The number of nitriles is 1. The lowest BCUT2D eigenvalue weighted by molar-refractivity contribution is -0.128. The summed E-state index contributed by atoms with van der Waals surface area (Å²) < 4.78 is 5.16. The van der Waals surface area contributed by atoms with E-state index in [0.29, 0.717) is 23.4 Å². The van der Waals surface area contributed by atoms with Crippen LogP contribution in [-0.2, 0) is 9.53 Å². The van der Waals surface area contributed by atoms with Gasteiger partial charge in [-0.05, 0) is 37.3 Å². The van der Waals surface area contributed by atoms with Gasteiger partial charge in [0.15, 0.2) is 5.78 Å². The first-order valence-electron chi connectivity index (χ1n) is 8.97. The van der Waals surface area contributed by atoms with Gasteiger partial charge in [-0.25, -0.2) is 0 Å². The first-order chi connectivity index (χ1) is 12.5. The van der Waals surface area contributed by atoms with Crippen molar-refractivity contribution < 1.29 is 9.53 Å². The summed E-state index contributed by atoms with van der Waals surface area (Å²) in [6.45, 7) is 5.71. The van der Waals surface area contributed by atoms with E-state index in [0.717, 1.165) is 30.7 Å². The van der Waals surface area contributed by atoms with Crippen molar-refractivity contribution in [2.75, 3.05) is 25.1 Å². The molecular formula is C21H28N4O2. The number of ether oxygens (including phenoxy) is 1. The molecule has 1 unspecified atom stereocenters. The number of fused-ring (bicyclic) bond motifs is 1. The monoisotopic (exact) mass is 368 g/mol. The van der Waals surface area contributed by atoms with Crippen molar-refractivity contribution in [1.29, 1.82) is 5.26 Å². The van der Waals surface area contributed by atoms with Crippen molar-refractivity contribution >= 4 is 22.5 Å². The van der Waals surface area contributed by atoms with Gasteiger partial charge in [0.1, 0.15) is 23.2 Å². The van der Waals surface area contributed by atoms with E-state index < -0.39 is 0 Å². The van der Waals surface area contributed by atoms with Crippen LogP contribution in [0.2, 0.25) is 0 Å². The zero-order valence-electron chi connectivity index (χ0n) is 15.5. The van der Waals surface area contributed by atoms with Crippen LogP contribution in [0.3, 0.4) is 0 Å². The molecular weight excluding hydrogens is 340 g/mol. The summed E-state index contributed by atoms with van der Waals surface area (Å²) in [7, 11) is 1.57. The third-order valence-electron chi connectivity index (χ3n) is 5.11. The Hall–Kier alpha value is -2.52. The van der Waals surface area contributed by atoms with E-state index in [2.05, 4.69) is 27.9 Å². The van der Waals surface area contributed by atoms with Crippen molar-refractivity contribution in [3.8, 4) is 6.07 Å². The van der Waals surface area contributed by atoms with Crippen LogP contribution in [-0.4, -0.2) is 42.1 Å². The molecule has 0 radical (unpaired) electrons. The third kappa shape index (κ3) is 4.42. The Bertz CT molecular complexity index is 846. The Morgan fingerprint density at radius 2 is 2.04 bits per heavy atom. The maximum atomic E-state index is 12.3. The van der Waals surface area contributed by atoms with Gasteiger partial charge in [0.25, 0.3) is 0 Å². The zero-order valence-corrected chi connectivity index (χ0v) is 15.5. The van der Waals surface area contributed by atoms with E-state index in [4.69, 9.17) is 4.74 Å². The second-order valence-electron chi connectivity index (χ2n) is 7.16. The number of hydrogen-bond donors (Lipinski definition) is 0. The topological polar surface area (TPSA) is 79.1 Å². The van der Waals surface area contributed by atoms with Crippen molar-refractivity contribution in [2.45, 2.75) is 40.2 Å². The maximum absolute atomic E-state index is 12.3. The predicted molar refractivity (Wildman–Crippen MR) is 107 cm³/mol. The largest absolute Gasteiger partial charge is 0.374 e. The van der Waals surface area contributed by atoms with Crippen molar-refractivity contribution in [3.05, 3.63) is 30.1 Å². The molecule has 3 atom stereocenters. The quantitative estimate of drug-likeness (QED) is 0.802. The normalized spacial score (nSPS) is 20.6. The number of Topliss-reactive ketones (excluding diaryl/α,β-unsaturated/α-hetero) is 1. The predicted octanol–water partition coefficient (Wildman–Crippen LogP) is 3.59. The van der Waals surface area contributed by atoms with Crippen LogP contribution in [0.25, 0.3) is 11.0 Å². The molecule has 144 valence electrons. The number of rotatable bonds is 5. The number of benzene rings is 1. The molecule has 0 N–H and O–H groups in total. The van der Waals surface area contributed by atoms with Crippen molar-refractivity contribution in [2.24, 2.45) is 11.8 Å². The van der Waals surface area contributed by atoms with Crippen LogP contribution in [0, 0.1) is 23.2 Å². The number of aromatic nitrogens is 2. The molecule has 2 heterocycles. The SMILES string of the molecule is C.COC(C)C(=O)C[C@@H]1C[C@H](C)CN(c2ccc(C#N)c3nccnc23)C1. The molecule has 1 aromatic heterocycles. The molecule has 0 spiro atoms. The average molecular weight is 368 g/mol. The number of carbonyl (C=O) groups is 1. The Morgan fingerprint density at radius 1 is 1.33 bits per heavy atom. The van der Waals surface area contributed by atoms with E-state index in [1.807, 2.05) is 6.07 Å². The minimum atomic E-state index is -0.359. The summed E-state index contributed by atoms with van der Waals surface area (Å²) in [5.41, 5.74) is 2.89. The molecule has 0 aliphatic carbocycles. The van der Waals surface area contributed by atoms with Crippen LogP contribution < -0.4 is 4.90 Å². The van der Waals surface area contributed by atoms with Crippen LogP contribution >= 0.6 is 0 Å². The minimum absolute atomic E-state index is 0. The van der Waals surface area contributed by atoms with Gasteiger partial charge in [-0.1, -0.05) is 14.4 Å². The van der Waals surface area contributed by atoms with Gasteiger partial charge in [-0.15, -0.1) is 0 Å². The number of methoxy groups -OCH3 is 1. The molecule has 1 saturated heterocycles. The summed E-state index contributed by atoms with van der Waals surface area (Å²) in [6.07, 6.45) is 4.46. The number of carbonyl (C=O) groups excluding carboxylic acids is 1. The molecule has 0 bridgehead atoms. The fourth-order valence-corrected chi connectivity index (χ4v) is 3.80. The summed E-state index contributed by atoms with van der Waals surface area (Å²) in [5.74, 6) is 0.906. The molecule has 1 aliphatic rings. The molecule has 1 aliphatic heterocycles. The molecule has 1 fully saturated rings. The lowest BCUT2D eigenvalue weighted by Crippen LogP contribution is -2.41. The highest BCUT2D eigenvalue weighted by atomic mass is 16.5. The molecule has 6 heteroatoms. The van der Waals surface area contributed by atoms with Gasteiger partial charge in [0.05, 0.1) is 11.3 Å². The fourth-order valence-electron chi connectivity index (χ4n) is 3.80. The Balaban J connectivity index is 0.00000261. The molecule has 0 saturated carbocycles. The highest BCUT2D eigenvalue weighted by Crippen LogP contribution is 2.33. The first-order valence-corrected chi connectivity index (χ1v) is 8.97. The molecule has 6 nitrogen and oxygen atoms in total. The summed E-state index contributed by atoms with van der Waals surface area (Å²) in [5, 5.41) is 9.31. The highest BCUT2D eigenvalue weighted by molar-refractivity contribution is 5.92. The molecule has 1 aromatic carbocycles. The summed E-state index contributed by atoms with van der Waals surface area (Å²) >= 11 is 0. The lowest BCUT2D eigenvalue weighted by atomic mass is 9.86. The Morgan fingerprint density at radius 3 is 2.70 bits per heavy atom. The van der Waals surface area contributed by atoms with Crippen LogP contribution in [0.1, 0.15) is 39.7 Å². The standard InChI is InChI=1S/C20H24N4O2.CH4/c1-13-8-15(9-18(25)14(2)26-3)12-24(11-13)17-5-4-16(10-21)19-20(17)23-7-6-22-19;/h4-7,13-15H,8-9,11-12H2,1-3H3;1H4/t13-,14?,15-;/m0./s1. The van der Waals surface area contributed by atoms with Gasteiger partial charge in [0.2, 0.25) is 0 Å². The number of hydrogen-bond acceptors (Lipinski definition) is 6.